The molecular formula is C14H16N4O3. The van der Waals surface area contributed by atoms with Crippen molar-refractivity contribution in [3.05, 3.63) is 41.6 Å². The number of nitrogens with two attached hydrogens (primary N) is 1. The minimum atomic E-state index is -0.521. The summed E-state index contributed by atoms with van der Waals surface area (Å²) in [5, 5.41) is 14.3. The molecule has 0 bridgehead atoms. The van der Waals surface area contributed by atoms with Crippen LogP contribution in [0.25, 0.3) is 0 Å². The maximum absolute atomic E-state index is 11.7. The van der Waals surface area contributed by atoms with Gasteiger partial charge in [-0.2, -0.15) is 5.26 Å². The van der Waals surface area contributed by atoms with Gasteiger partial charge in [-0.25, -0.2) is 0 Å². The average molecular weight is 288 g/mol. The molecule has 0 fully saturated rings. The number of nitrogens with zero attached hydrogens (tertiary/aromatic N) is 1. The van der Waals surface area contributed by atoms with Crippen molar-refractivity contribution in [2.45, 2.75) is 0 Å². The molecule has 0 saturated carbocycles. The van der Waals surface area contributed by atoms with Crippen LogP contribution in [0.1, 0.15) is 10.4 Å². The average Bonchev–Trinajstić information content (AvgIpc) is 2.48. The fraction of sp³-hybridized carbons (Fsp3) is 0.214. The number of carbonyl (C=O) groups excluding carboxylic acids is 2. The van der Waals surface area contributed by atoms with Crippen LogP contribution in [0.15, 0.2) is 36.0 Å². The van der Waals surface area contributed by atoms with Crippen molar-refractivity contribution < 1.29 is 14.3 Å². The third kappa shape index (κ3) is 5.34. The Balaban J connectivity index is 2.65. The number of anilines is 1. The zero-order chi connectivity index (χ0) is 15.7. The highest BCUT2D eigenvalue weighted by Crippen LogP contribution is 2.09. The van der Waals surface area contributed by atoms with Gasteiger partial charge < -0.3 is 21.1 Å². The van der Waals surface area contributed by atoms with Crippen molar-refractivity contribution in [2.75, 3.05) is 25.6 Å². The highest BCUT2D eigenvalue weighted by molar-refractivity contribution is 5.97. The summed E-state index contributed by atoms with van der Waals surface area (Å²) >= 11 is 0. The molecule has 0 unspecified atom stereocenters. The summed E-state index contributed by atoms with van der Waals surface area (Å²) in [6.07, 6.45) is 1.29. The molecule has 2 amide bonds. The Hall–Kier alpha value is -2.85. The molecule has 110 valence electrons. The van der Waals surface area contributed by atoms with E-state index in [0.717, 1.165) is 0 Å². The lowest BCUT2D eigenvalue weighted by Gasteiger charge is -2.05. The van der Waals surface area contributed by atoms with Crippen LogP contribution in [-0.4, -0.2) is 32.1 Å². The first-order valence-corrected chi connectivity index (χ1v) is 6.12. The van der Waals surface area contributed by atoms with Crippen LogP contribution in [0.3, 0.4) is 0 Å². The van der Waals surface area contributed by atoms with Crippen LogP contribution < -0.4 is 16.4 Å². The van der Waals surface area contributed by atoms with E-state index in [9.17, 15) is 9.59 Å². The van der Waals surface area contributed by atoms with Gasteiger partial charge in [0.05, 0.1) is 6.61 Å². The number of rotatable bonds is 7. The monoisotopic (exact) mass is 288 g/mol. The second-order valence-corrected chi connectivity index (χ2v) is 4.00. The number of primary amides is 1. The van der Waals surface area contributed by atoms with Crippen molar-refractivity contribution in [3.63, 3.8) is 0 Å². The van der Waals surface area contributed by atoms with Gasteiger partial charge in [-0.05, 0) is 24.3 Å². The Morgan fingerprint density at radius 1 is 1.38 bits per heavy atom. The molecule has 0 atom stereocenters. The molecule has 0 heterocycles. The predicted octanol–water partition coefficient (Wildman–Crippen LogP) is 0.367. The molecule has 1 aromatic rings. The van der Waals surface area contributed by atoms with E-state index in [0.29, 0.717) is 24.4 Å². The van der Waals surface area contributed by atoms with Gasteiger partial charge in [0.1, 0.15) is 11.6 Å². The SMILES string of the molecule is COCCNC(=O)/C(C#N)=C\Nc1ccc(C(N)=O)cc1. The van der Waals surface area contributed by atoms with Gasteiger partial charge in [-0.1, -0.05) is 0 Å². The van der Waals surface area contributed by atoms with Gasteiger partial charge >= 0.3 is 0 Å². The highest BCUT2D eigenvalue weighted by atomic mass is 16.5. The largest absolute Gasteiger partial charge is 0.383 e. The Bertz CT molecular complexity index is 573. The summed E-state index contributed by atoms with van der Waals surface area (Å²) in [7, 11) is 1.52. The molecule has 0 saturated heterocycles. The zero-order valence-electron chi connectivity index (χ0n) is 11.6. The molecule has 0 aliphatic carbocycles. The van der Waals surface area contributed by atoms with Crippen LogP contribution in [0.2, 0.25) is 0 Å². The summed E-state index contributed by atoms with van der Waals surface area (Å²) in [4.78, 5) is 22.6. The van der Waals surface area contributed by atoms with Crippen LogP contribution in [0.4, 0.5) is 5.69 Å². The molecule has 0 aromatic heterocycles. The van der Waals surface area contributed by atoms with Crippen molar-refractivity contribution in [1.29, 1.82) is 5.26 Å². The number of hydrogen-bond acceptors (Lipinski definition) is 5. The highest BCUT2D eigenvalue weighted by Gasteiger charge is 2.07. The minimum absolute atomic E-state index is 0.0647. The molecule has 0 aliphatic heterocycles. The third-order valence-corrected chi connectivity index (χ3v) is 2.51. The summed E-state index contributed by atoms with van der Waals surface area (Å²) in [6.45, 7) is 0.689. The maximum Gasteiger partial charge on any atom is 0.263 e. The molecule has 7 heteroatoms. The Labute approximate surface area is 122 Å². The number of carbonyl (C=O) groups is 2. The Morgan fingerprint density at radius 3 is 2.57 bits per heavy atom. The second-order valence-electron chi connectivity index (χ2n) is 4.00. The first kappa shape index (κ1) is 16.2. The molecule has 0 aliphatic rings. The number of benzene rings is 1. The summed E-state index contributed by atoms with van der Waals surface area (Å²) in [5.74, 6) is -1.01. The van der Waals surface area contributed by atoms with Gasteiger partial charge in [0.25, 0.3) is 5.91 Å². The van der Waals surface area contributed by atoms with Gasteiger partial charge in [0.15, 0.2) is 0 Å². The van der Waals surface area contributed by atoms with Gasteiger partial charge in [-0.15, -0.1) is 0 Å². The van der Waals surface area contributed by atoms with Crippen molar-refractivity contribution in [1.82, 2.24) is 5.32 Å². The van der Waals surface area contributed by atoms with E-state index in [2.05, 4.69) is 10.6 Å². The topological polar surface area (TPSA) is 117 Å². The van der Waals surface area contributed by atoms with Crippen molar-refractivity contribution in [2.24, 2.45) is 5.73 Å². The fourth-order valence-electron chi connectivity index (χ4n) is 1.40. The minimum Gasteiger partial charge on any atom is -0.383 e. The second kappa shape index (κ2) is 8.35. The number of nitrogens with one attached hydrogen (secondary N) is 2. The first-order chi connectivity index (χ1) is 10.1. The third-order valence-electron chi connectivity index (χ3n) is 2.51. The predicted molar refractivity (Wildman–Crippen MR) is 77.2 cm³/mol. The van der Waals surface area contributed by atoms with E-state index in [1.807, 2.05) is 0 Å². The standard InChI is InChI=1S/C14H16N4O3/c1-21-7-6-17-14(20)11(8-15)9-18-12-4-2-10(3-5-12)13(16)19/h2-5,9,18H,6-7H2,1H3,(H2,16,19)(H,17,20)/b11-9-. The van der Waals surface area contributed by atoms with E-state index < -0.39 is 11.8 Å². The first-order valence-electron chi connectivity index (χ1n) is 6.12. The summed E-state index contributed by atoms with van der Waals surface area (Å²) in [5.41, 5.74) is 6.06. The fourth-order valence-corrected chi connectivity index (χ4v) is 1.40. The molecule has 1 aromatic carbocycles. The van der Waals surface area contributed by atoms with Crippen molar-refractivity contribution in [3.8, 4) is 6.07 Å². The maximum atomic E-state index is 11.7. The van der Waals surface area contributed by atoms with Gasteiger partial charge in [0, 0.05) is 31.1 Å². The van der Waals surface area contributed by atoms with E-state index >= 15 is 0 Å². The van der Waals surface area contributed by atoms with E-state index in [4.69, 9.17) is 15.7 Å². The van der Waals surface area contributed by atoms with Crippen LogP contribution >= 0.6 is 0 Å². The molecule has 7 nitrogen and oxygen atoms in total. The molecule has 0 radical (unpaired) electrons. The normalized spacial score (nSPS) is 10.6. The zero-order valence-corrected chi connectivity index (χ0v) is 11.6. The van der Waals surface area contributed by atoms with E-state index in [1.54, 1.807) is 30.3 Å². The van der Waals surface area contributed by atoms with Crippen LogP contribution in [0.5, 0.6) is 0 Å². The number of amides is 2. The molecule has 21 heavy (non-hydrogen) atoms. The van der Waals surface area contributed by atoms with Crippen LogP contribution in [-0.2, 0) is 9.53 Å². The number of hydrogen-bond donors (Lipinski definition) is 3. The molecule has 1 rings (SSSR count). The molecule has 4 N–H and O–H groups in total. The van der Waals surface area contributed by atoms with E-state index in [-0.39, 0.29) is 5.57 Å². The van der Waals surface area contributed by atoms with Gasteiger partial charge in [0.2, 0.25) is 5.91 Å². The Kier molecular flexibility index (Phi) is 6.44. The lowest BCUT2D eigenvalue weighted by atomic mass is 10.2. The number of ether oxygens (including phenoxy) is 1. The molecular weight excluding hydrogens is 272 g/mol. The summed E-state index contributed by atoms with van der Waals surface area (Å²) in [6, 6.07) is 8.13. The van der Waals surface area contributed by atoms with Crippen LogP contribution in [0, 0.1) is 11.3 Å². The quantitative estimate of drug-likeness (QED) is 0.380. The Morgan fingerprint density at radius 2 is 2.05 bits per heavy atom. The number of nitriles is 1. The van der Waals surface area contributed by atoms with E-state index in [1.165, 1.54) is 13.3 Å². The molecule has 0 spiro atoms. The number of methoxy groups -OCH3 is 1. The van der Waals surface area contributed by atoms with Crippen molar-refractivity contribution >= 4 is 17.5 Å². The smallest absolute Gasteiger partial charge is 0.263 e. The van der Waals surface area contributed by atoms with Gasteiger partial charge in [-0.3, -0.25) is 9.59 Å². The lowest BCUT2D eigenvalue weighted by molar-refractivity contribution is -0.117. The lowest BCUT2D eigenvalue weighted by Crippen LogP contribution is -2.28. The summed E-state index contributed by atoms with van der Waals surface area (Å²) < 4.78 is 4.79.